The number of rotatable bonds is 6. The number of nitrogens with two attached hydrogens (primary N) is 1. The second kappa shape index (κ2) is 5.53. The van der Waals surface area contributed by atoms with Gasteiger partial charge >= 0.3 is 0 Å². The van der Waals surface area contributed by atoms with Crippen molar-refractivity contribution in [1.29, 1.82) is 0 Å². The number of nitrogens with zero attached hydrogens (tertiary/aromatic N) is 3. The highest BCUT2D eigenvalue weighted by Gasteiger charge is 2.24. The van der Waals surface area contributed by atoms with Crippen LogP contribution in [-0.4, -0.2) is 49.7 Å². The molecular weight excluding hydrogens is 252 g/mol. The van der Waals surface area contributed by atoms with Gasteiger partial charge in [-0.05, 0) is 6.92 Å². The van der Waals surface area contributed by atoms with E-state index in [0.717, 1.165) is 11.3 Å². The molecule has 16 heavy (non-hydrogen) atoms. The SMILES string of the molecule is CCOCCN(C)S(=O)(=O)c1nnc(N)s1. The van der Waals surface area contributed by atoms with E-state index in [9.17, 15) is 8.42 Å². The molecule has 1 aromatic rings. The molecule has 1 aromatic heterocycles. The summed E-state index contributed by atoms with van der Waals surface area (Å²) in [5.41, 5.74) is 5.33. The number of anilines is 1. The predicted octanol–water partition coefficient (Wildman–Crippen LogP) is -0.223. The van der Waals surface area contributed by atoms with Crippen LogP contribution in [0, 0.1) is 0 Å². The van der Waals surface area contributed by atoms with E-state index in [1.54, 1.807) is 0 Å². The van der Waals surface area contributed by atoms with Gasteiger partial charge in [0.1, 0.15) is 0 Å². The maximum absolute atomic E-state index is 11.9. The molecule has 1 heterocycles. The summed E-state index contributed by atoms with van der Waals surface area (Å²) in [6.45, 7) is 3.02. The van der Waals surface area contributed by atoms with Crippen LogP contribution in [0.5, 0.6) is 0 Å². The van der Waals surface area contributed by atoms with E-state index in [1.165, 1.54) is 11.4 Å². The minimum absolute atomic E-state index is 0.0935. The third-order valence-corrected chi connectivity index (χ3v) is 4.76. The Morgan fingerprint density at radius 3 is 2.69 bits per heavy atom. The molecule has 7 nitrogen and oxygen atoms in total. The molecule has 0 aromatic carbocycles. The molecule has 1 rings (SSSR count). The summed E-state index contributed by atoms with van der Waals surface area (Å²) >= 11 is 0.847. The number of sulfonamides is 1. The molecule has 92 valence electrons. The summed E-state index contributed by atoms with van der Waals surface area (Å²) in [6.07, 6.45) is 0. The number of hydrogen-bond donors (Lipinski definition) is 1. The van der Waals surface area contributed by atoms with E-state index >= 15 is 0 Å². The molecule has 0 amide bonds. The molecule has 0 radical (unpaired) electrons. The lowest BCUT2D eigenvalue weighted by Crippen LogP contribution is -2.30. The van der Waals surface area contributed by atoms with Crippen molar-refractivity contribution < 1.29 is 13.2 Å². The zero-order valence-corrected chi connectivity index (χ0v) is 10.7. The zero-order valence-electron chi connectivity index (χ0n) is 9.08. The van der Waals surface area contributed by atoms with Gasteiger partial charge in [0.15, 0.2) is 0 Å². The van der Waals surface area contributed by atoms with Crippen molar-refractivity contribution in [2.75, 3.05) is 32.5 Å². The second-order valence-corrected chi connectivity index (χ2v) is 6.16. The fourth-order valence-corrected chi connectivity index (χ4v) is 3.04. The van der Waals surface area contributed by atoms with Crippen molar-refractivity contribution in [2.24, 2.45) is 0 Å². The fraction of sp³-hybridized carbons (Fsp3) is 0.714. The third-order valence-electron chi connectivity index (χ3n) is 1.81. The minimum atomic E-state index is -3.58. The van der Waals surface area contributed by atoms with Crippen LogP contribution >= 0.6 is 11.3 Å². The van der Waals surface area contributed by atoms with Crippen molar-refractivity contribution in [2.45, 2.75) is 11.3 Å². The average molecular weight is 266 g/mol. The topological polar surface area (TPSA) is 98.4 Å². The van der Waals surface area contributed by atoms with Crippen molar-refractivity contribution in [1.82, 2.24) is 14.5 Å². The van der Waals surface area contributed by atoms with Crippen LogP contribution in [0.15, 0.2) is 4.34 Å². The number of nitrogen functional groups attached to an aromatic ring is 1. The summed E-state index contributed by atoms with van der Waals surface area (Å²) in [6, 6.07) is 0. The van der Waals surface area contributed by atoms with Gasteiger partial charge in [0.25, 0.3) is 10.0 Å². The Morgan fingerprint density at radius 1 is 1.50 bits per heavy atom. The molecule has 2 N–H and O–H groups in total. The van der Waals surface area contributed by atoms with E-state index in [4.69, 9.17) is 10.5 Å². The maximum atomic E-state index is 11.9. The molecule has 0 saturated carbocycles. The van der Waals surface area contributed by atoms with E-state index in [0.29, 0.717) is 13.2 Å². The Bertz CT molecular complexity index is 431. The highest BCUT2D eigenvalue weighted by Crippen LogP contribution is 2.19. The van der Waals surface area contributed by atoms with Crippen LogP contribution in [0.3, 0.4) is 0 Å². The van der Waals surface area contributed by atoms with E-state index < -0.39 is 10.0 Å². The van der Waals surface area contributed by atoms with Gasteiger partial charge in [-0.1, -0.05) is 11.3 Å². The van der Waals surface area contributed by atoms with Crippen LogP contribution in [0.1, 0.15) is 6.92 Å². The Labute approximate surface area is 98.3 Å². The molecule has 0 aliphatic heterocycles. The highest BCUT2D eigenvalue weighted by atomic mass is 32.2. The minimum Gasteiger partial charge on any atom is -0.380 e. The van der Waals surface area contributed by atoms with Crippen molar-refractivity contribution >= 4 is 26.5 Å². The van der Waals surface area contributed by atoms with Crippen molar-refractivity contribution in [3.8, 4) is 0 Å². The van der Waals surface area contributed by atoms with E-state index in [-0.39, 0.29) is 16.0 Å². The van der Waals surface area contributed by atoms with Gasteiger partial charge in [0.05, 0.1) is 6.61 Å². The predicted molar refractivity (Wildman–Crippen MR) is 60.6 cm³/mol. The number of ether oxygens (including phenoxy) is 1. The zero-order chi connectivity index (χ0) is 12.2. The van der Waals surface area contributed by atoms with E-state index in [2.05, 4.69) is 10.2 Å². The Kier molecular flexibility index (Phi) is 4.59. The summed E-state index contributed by atoms with van der Waals surface area (Å²) < 4.78 is 29.9. The quantitative estimate of drug-likeness (QED) is 0.715. The number of likely N-dealkylation sites (N-methyl/N-ethyl adjacent to an activating group) is 1. The van der Waals surface area contributed by atoms with E-state index in [1.807, 2.05) is 6.92 Å². The lowest BCUT2D eigenvalue weighted by molar-refractivity contribution is 0.138. The molecule has 0 fully saturated rings. The summed E-state index contributed by atoms with van der Waals surface area (Å²) in [4.78, 5) is 0. The molecule has 9 heteroatoms. The summed E-state index contributed by atoms with van der Waals surface area (Å²) in [7, 11) is -2.12. The van der Waals surface area contributed by atoms with Gasteiger partial charge in [0.2, 0.25) is 9.47 Å². The normalized spacial score (nSPS) is 12.2. The molecule has 0 atom stereocenters. The first-order valence-corrected chi connectivity index (χ1v) is 6.87. The van der Waals surface area contributed by atoms with Crippen molar-refractivity contribution in [3.63, 3.8) is 0 Å². The molecule has 0 spiro atoms. The Hall–Kier alpha value is -0.770. The third kappa shape index (κ3) is 3.11. The first-order chi connectivity index (χ1) is 7.48. The number of hydrogen-bond acceptors (Lipinski definition) is 7. The lowest BCUT2D eigenvalue weighted by Gasteiger charge is -2.14. The summed E-state index contributed by atoms with van der Waals surface area (Å²) in [5.74, 6) is 0. The van der Waals surface area contributed by atoms with Gasteiger partial charge in [-0.3, -0.25) is 0 Å². The number of aromatic nitrogens is 2. The highest BCUT2D eigenvalue weighted by molar-refractivity contribution is 7.91. The van der Waals surface area contributed by atoms with Crippen molar-refractivity contribution in [3.05, 3.63) is 0 Å². The van der Waals surface area contributed by atoms with Gasteiger partial charge < -0.3 is 10.5 Å². The van der Waals surface area contributed by atoms with Gasteiger partial charge in [-0.2, -0.15) is 4.31 Å². The van der Waals surface area contributed by atoms with Gasteiger partial charge in [0, 0.05) is 20.2 Å². The average Bonchev–Trinajstić information content (AvgIpc) is 2.65. The van der Waals surface area contributed by atoms with Crippen LogP contribution in [0.4, 0.5) is 5.13 Å². The van der Waals surface area contributed by atoms with Crippen LogP contribution < -0.4 is 5.73 Å². The van der Waals surface area contributed by atoms with Gasteiger partial charge in [-0.25, -0.2) is 8.42 Å². The monoisotopic (exact) mass is 266 g/mol. The van der Waals surface area contributed by atoms with Gasteiger partial charge in [-0.15, -0.1) is 10.2 Å². The Balaban J connectivity index is 2.70. The maximum Gasteiger partial charge on any atom is 0.272 e. The van der Waals surface area contributed by atoms with Crippen LogP contribution in [-0.2, 0) is 14.8 Å². The van der Waals surface area contributed by atoms with Crippen LogP contribution in [0.2, 0.25) is 0 Å². The first-order valence-electron chi connectivity index (χ1n) is 4.61. The molecule has 0 saturated heterocycles. The largest absolute Gasteiger partial charge is 0.380 e. The molecule has 0 unspecified atom stereocenters. The molecule has 0 aliphatic carbocycles. The van der Waals surface area contributed by atoms with Crippen LogP contribution in [0.25, 0.3) is 0 Å². The molecule has 0 aliphatic rings. The smallest absolute Gasteiger partial charge is 0.272 e. The molecule has 0 bridgehead atoms. The fourth-order valence-electron chi connectivity index (χ4n) is 0.916. The summed E-state index contributed by atoms with van der Waals surface area (Å²) in [5, 5.41) is 7.12. The lowest BCUT2D eigenvalue weighted by atomic mass is 10.7. The second-order valence-electron chi connectivity index (χ2n) is 2.93. The Morgan fingerprint density at radius 2 is 2.19 bits per heavy atom. The molecular formula is C7H14N4O3S2. The standard InChI is InChI=1S/C7H14N4O3S2/c1-3-14-5-4-11(2)16(12,13)7-10-9-6(8)15-7/h3-5H2,1-2H3,(H2,8,9). The first kappa shape index (κ1) is 13.3.